The Morgan fingerprint density at radius 2 is 1.93 bits per heavy atom. The van der Waals surface area contributed by atoms with E-state index < -0.39 is 20.0 Å². The molecule has 1 aromatic carbocycles. The van der Waals surface area contributed by atoms with E-state index in [1.165, 1.54) is 16.4 Å². The largest absolute Gasteiger partial charge is 0.492 e. The summed E-state index contributed by atoms with van der Waals surface area (Å²) in [6, 6.07) is 4.52. The molecule has 2 saturated heterocycles. The summed E-state index contributed by atoms with van der Waals surface area (Å²) in [6.45, 7) is 6.08. The van der Waals surface area contributed by atoms with E-state index in [-0.39, 0.29) is 22.9 Å². The summed E-state index contributed by atoms with van der Waals surface area (Å²) in [5.41, 5.74) is 0.349. The molecule has 0 unspecified atom stereocenters. The van der Waals surface area contributed by atoms with Crippen molar-refractivity contribution >= 4 is 25.7 Å². The van der Waals surface area contributed by atoms with E-state index in [1.807, 2.05) is 0 Å². The molecular formula is C18H29N3O6S2. The van der Waals surface area contributed by atoms with Crippen LogP contribution in [0.3, 0.4) is 0 Å². The van der Waals surface area contributed by atoms with E-state index in [0.717, 1.165) is 19.5 Å². The molecule has 11 heteroatoms. The number of hydrogen-bond donors (Lipinski definition) is 1. The van der Waals surface area contributed by atoms with E-state index in [4.69, 9.17) is 9.47 Å². The van der Waals surface area contributed by atoms with Crippen LogP contribution in [0.25, 0.3) is 0 Å². The number of nitrogens with one attached hydrogen (secondary N) is 1. The third kappa shape index (κ3) is 5.60. The SMILES string of the molecule is CCOc1ccc(N2CCCCS2(=O)=O)cc1S(=O)(=O)NCCN1CCOCC1. The standard InChI is InChI=1S/C18H29N3O6S2/c1-2-27-17-6-5-16(21-8-3-4-14-28(21,22)23)15-18(17)29(24,25)19-7-9-20-10-12-26-13-11-20/h5-6,15,19H,2-4,7-14H2,1H3. The van der Waals surface area contributed by atoms with Gasteiger partial charge in [-0.3, -0.25) is 9.21 Å². The molecule has 0 amide bonds. The normalized spacial score (nSPS) is 20.5. The molecule has 0 saturated carbocycles. The molecule has 0 radical (unpaired) electrons. The van der Waals surface area contributed by atoms with Gasteiger partial charge in [-0.05, 0) is 38.0 Å². The third-order valence-corrected chi connectivity index (χ3v) is 8.33. The highest BCUT2D eigenvalue weighted by atomic mass is 32.2. The van der Waals surface area contributed by atoms with Crippen LogP contribution in [-0.2, 0) is 24.8 Å². The van der Waals surface area contributed by atoms with Gasteiger partial charge in [0.25, 0.3) is 0 Å². The van der Waals surface area contributed by atoms with Crippen LogP contribution in [0.15, 0.2) is 23.1 Å². The quantitative estimate of drug-likeness (QED) is 0.623. The first kappa shape index (κ1) is 22.3. The number of hydrogen-bond acceptors (Lipinski definition) is 7. The van der Waals surface area contributed by atoms with Crippen molar-refractivity contribution in [1.82, 2.24) is 9.62 Å². The van der Waals surface area contributed by atoms with Gasteiger partial charge in [-0.1, -0.05) is 0 Å². The minimum Gasteiger partial charge on any atom is -0.492 e. The van der Waals surface area contributed by atoms with Gasteiger partial charge in [-0.2, -0.15) is 0 Å². The van der Waals surface area contributed by atoms with Gasteiger partial charge < -0.3 is 9.47 Å². The second-order valence-electron chi connectivity index (χ2n) is 7.01. The van der Waals surface area contributed by atoms with E-state index >= 15 is 0 Å². The first-order chi connectivity index (χ1) is 13.8. The van der Waals surface area contributed by atoms with Gasteiger partial charge in [-0.25, -0.2) is 21.6 Å². The zero-order valence-corrected chi connectivity index (χ0v) is 18.3. The molecule has 164 valence electrons. The predicted molar refractivity (Wildman–Crippen MR) is 110 cm³/mol. The summed E-state index contributed by atoms with van der Waals surface area (Å²) in [5.74, 6) is 0.282. The lowest BCUT2D eigenvalue weighted by atomic mass is 10.2. The Morgan fingerprint density at radius 3 is 2.62 bits per heavy atom. The lowest BCUT2D eigenvalue weighted by Crippen LogP contribution is -2.41. The monoisotopic (exact) mass is 447 g/mol. The molecule has 0 spiro atoms. The van der Waals surface area contributed by atoms with Crippen LogP contribution in [0.1, 0.15) is 19.8 Å². The Bertz CT molecular complexity index is 898. The smallest absolute Gasteiger partial charge is 0.244 e. The van der Waals surface area contributed by atoms with E-state index in [2.05, 4.69) is 9.62 Å². The number of rotatable bonds is 8. The number of nitrogens with zero attached hydrogens (tertiary/aromatic N) is 2. The van der Waals surface area contributed by atoms with E-state index in [0.29, 0.717) is 45.0 Å². The lowest BCUT2D eigenvalue weighted by molar-refractivity contribution is 0.0390. The number of ether oxygens (including phenoxy) is 2. The predicted octanol–water partition coefficient (Wildman–Crippen LogP) is 0.626. The van der Waals surface area contributed by atoms with Crippen LogP contribution >= 0.6 is 0 Å². The number of anilines is 1. The minimum absolute atomic E-state index is 0.0420. The molecule has 0 aliphatic carbocycles. The fourth-order valence-electron chi connectivity index (χ4n) is 3.46. The maximum Gasteiger partial charge on any atom is 0.244 e. The van der Waals surface area contributed by atoms with Gasteiger partial charge in [0.2, 0.25) is 20.0 Å². The Hall–Kier alpha value is -1.40. The molecule has 9 nitrogen and oxygen atoms in total. The van der Waals surface area contributed by atoms with Gasteiger partial charge in [0.1, 0.15) is 10.6 Å². The van der Waals surface area contributed by atoms with Gasteiger partial charge >= 0.3 is 0 Å². The summed E-state index contributed by atoms with van der Waals surface area (Å²) in [4.78, 5) is 2.09. The first-order valence-corrected chi connectivity index (χ1v) is 13.0. The highest BCUT2D eigenvalue weighted by Gasteiger charge is 2.28. The van der Waals surface area contributed by atoms with Crippen LogP contribution in [-0.4, -0.2) is 80.0 Å². The van der Waals surface area contributed by atoms with Gasteiger partial charge in [0.15, 0.2) is 0 Å². The molecule has 0 atom stereocenters. The van der Waals surface area contributed by atoms with E-state index in [1.54, 1.807) is 13.0 Å². The van der Waals surface area contributed by atoms with Crippen molar-refractivity contribution in [2.75, 3.05) is 62.6 Å². The second-order valence-corrected chi connectivity index (χ2v) is 10.8. The van der Waals surface area contributed by atoms with Crippen LogP contribution < -0.4 is 13.8 Å². The molecule has 1 aromatic rings. The fourth-order valence-corrected chi connectivity index (χ4v) is 6.27. The highest BCUT2D eigenvalue weighted by molar-refractivity contribution is 7.92. The third-order valence-electron chi connectivity index (χ3n) is 4.98. The molecule has 0 aromatic heterocycles. The Kier molecular flexibility index (Phi) is 7.38. The van der Waals surface area contributed by atoms with Gasteiger partial charge in [0, 0.05) is 32.7 Å². The van der Waals surface area contributed by atoms with Crippen LogP contribution in [0.2, 0.25) is 0 Å². The van der Waals surface area contributed by atoms with Crippen molar-refractivity contribution < 1.29 is 26.3 Å². The summed E-state index contributed by atoms with van der Waals surface area (Å²) in [7, 11) is -7.30. The van der Waals surface area contributed by atoms with Crippen LogP contribution in [0.5, 0.6) is 5.75 Å². The molecule has 2 aliphatic rings. The minimum atomic E-state index is -3.87. The Balaban J connectivity index is 1.80. The number of benzene rings is 1. The average molecular weight is 448 g/mol. The van der Waals surface area contributed by atoms with Crippen LogP contribution in [0.4, 0.5) is 5.69 Å². The molecule has 1 N–H and O–H groups in total. The van der Waals surface area contributed by atoms with Crippen molar-refractivity contribution in [2.24, 2.45) is 0 Å². The Morgan fingerprint density at radius 1 is 1.17 bits per heavy atom. The molecule has 0 bridgehead atoms. The van der Waals surface area contributed by atoms with Gasteiger partial charge in [-0.15, -0.1) is 0 Å². The van der Waals surface area contributed by atoms with Crippen molar-refractivity contribution in [3.05, 3.63) is 18.2 Å². The number of sulfonamides is 2. The summed E-state index contributed by atoms with van der Waals surface area (Å²) in [6.07, 6.45) is 1.36. The molecule has 2 aliphatic heterocycles. The molecule has 29 heavy (non-hydrogen) atoms. The lowest BCUT2D eigenvalue weighted by Gasteiger charge is -2.29. The van der Waals surface area contributed by atoms with Crippen molar-refractivity contribution in [2.45, 2.75) is 24.7 Å². The first-order valence-electron chi connectivity index (χ1n) is 9.90. The fraction of sp³-hybridized carbons (Fsp3) is 0.667. The molecule has 2 fully saturated rings. The zero-order chi connectivity index (χ0) is 20.9. The second kappa shape index (κ2) is 9.61. The number of morpholine rings is 1. The van der Waals surface area contributed by atoms with Gasteiger partial charge in [0.05, 0.1) is 31.3 Å². The topological polar surface area (TPSA) is 105 Å². The van der Waals surface area contributed by atoms with Crippen molar-refractivity contribution in [1.29, 1.82) is 0 Å². The maximum atomic E-state index is 13.0. The summed E-state index contributed by atoms with van der Waals surface area (Å²) < 4.78 is 65.5. The molecule has 2 heterocycles. The zero-order valence-electron chi connectivity index (χ0n) is 16.7. The Labute approximate surface area is 173 Å². The van der Waals surface area contributed by atoms with Crippen molar-refractivity contribution in [3.63, 3.8) is 0 Å². The maximum absolute atomic E-state index is 13.0. The average Bonchev–Trinajstić information content (AvgIpc) is 2.69. The summed E-state index contributed by atoms with van der Waals surface area (Å²) >= 11 is 0. The molecular weight excluding hydrogens is 418 g/mol. The summed E-state index contributed by atoms with van der Waals surface area (Å²) in [5, 5.41) is 0. The van der Waals surface area contributed by atoms with Crippen LogP contribution in [0, 0.1) is 0 Å². The van der Waals surface area contributed by atoms with E-state index in [9.17, 15) is 16.8 Å². The molecule has 3 rings (SSSR count). The van der Waals surface area contributed by atoms with Crippen molar-refractivity contribution in [3.8, 4) is 5.75 Å². The highest BCUT2D eigenvalue weighted by Crippen LogP contribution is 2.31.